The number of aromatic nitrogens is 7. The van der Waals surface area contributed by atoms with Crippen LogP contribution in [0.25, 0.3) is 11.5 Å². The number of rotatable bonds is 6. The van der Waals surface area contributed by atoms with Gasteiger partial charge in [0.25, 0.3) is 5.91 Å². The summed E-state index contributed by atoms with van der Waals surface area (Å²) in [4.78, 5) is 36.0. The molecule has 0 spiro atoms. The summed E-state index contributed by atoms with van der Waals surface area (Å²) in [6, 6.07) is 12.6. The van der Waals surface area contributed by atoms with Gasteiger partial charge in [-0.2, -0.15) is 5.10 Å². The van der Waals surface area contributed by atoms with Crippen LogP contribution in [0.15, 0.2) is 54.9 Å². The first-order chi connectivity index (χ1) is 17.3. The van der Waals surface area contributed by atoms with Gasteiger partial charge in [-0.3, -0.25) is 9.59 Å². The van der Waals surface area contributed by atoms with E-state index in [2.05, 4.69) is 25.4 Å². The summed E-state index contributed by atoms with van der Waals surface area (Å²) < 4.78 is 3.24. The third-order valence-corrected chi connectivity index (χ3v) is 6.50. The van der Waals surface area contributed by atoms with E-state index in [1.807, 2.05) is 32.0 Å². The van der Waals surface area contributed by atoms with E-state index in [-0.39, 0.29) is 18.9 Å². The molecule has 0 aliphatic carbocycles. The van der Waals surface area contributed by atoms with E-state index in [1.165, 1.54) is 4.68 Å². The second kappa shape index (κ2) is 9.33. The number of piperidine rings is 1. The van der Waals surface area contributed by atoms with Gasteiger partial charge in [0.1, 0.15) is 11.6 Å². The number of nitrogens with zero attached hydrogens (tertiary/aromatic N) is 8. The highest BCUT2D eigenvalue weighted by Crippen LogP contribution is 2.34. The van der Waals surface area contributed by atoms with Gasteiger partial charge in [0.05, 0.1) is 23.0 Å². The van der Waals surface area contributed by atoms with Crippen LogP contribution in [-0.4, -0.2) is 69.7 Å². The Morgan fingerprint density at radius 3 is 2.58 bits per heavy atom. The lowest BCUT2D eigenvalue weighted by Gasteiger charge is -2.39. The average Bonchev–Trinajstić information content (AvgIpc) is 3.49. The highest BCUT2D eigenvalue weighted by atomic mass is 16.4. The molecule has 0 radical (unpaired) electrons. The molecule has 4 heterocycles. The number of hydrogen-bond acceptors (Lipinski definition) is 7. The molecular weight excluding hydrogens is 460 g/mol. The van der Waals surface area contributed by atoms with Crippen molar-refractivity contribution in [1.82, 2.24) is 39.6 Å². The molecule has 0 saturated carbocycles. The number of amides is 1. The number of benzene rings is 1. The summed E-state index contributed by atoms with van der Waals surface area (Å²) in [5.74, 6) is 0.885. The van der Waals surface area contributed by atoms with Crippen LogP contribution in [0.2, 0.25) is 0 Å². The third kappa shape index (κ3) is 4.47. The maximum atomic E-state index is 13.3. The molecule has 0 bridgehead atoms. The minimum absolute atomic E-state index is 0.0980. The van der Waals surface area contributed by atoms with Gasteiger partial charge in [-0.25, -0.2) is 19.3 Å². The summed E-state index contributed by atoms with van der Waals surface area (Å²) >= 11 is 0. The number of carbonyl (C=O) groups excluding carboxylic acids is 1. The predicted octanol–water partition coefficient (Wildman–Crippen LogP) is 2.41. The van der Waals surface area contributed by atoms with E-state index < -0.39 is 11.4 Å². The number of carboxylic acid groups (broad SMARTS) is 1. The number of aryl methyl sites for hydroxylation is 2. The summed E-state index contributed by atoms with van der Waals surface area (Å²) in [5, 5.41) is 22.9. The van der Waals surface area contributed by atoms with Gasteiger partial charge in [-0.15, -0.1) is 5.10 Å². The predicted molar refractivity (Wildman–Crippen MR) is 129 cm³/mol. The molecule has 11 heteroatoms. The van der Waals surface area contributed by atoms with Gasteiger partial charge in [0.15, 0.2) is 5.82 Å². The second-order valence-electron chi connectivity index (χ2n) is 9.10. The van der Waals surface area contributed by atoms with Crippen molar-refractivity contribution in [3.8, 4) is 11.5 Å². The Hall–Kier alpha value is -4.41. The van der Waals surface area contributed by atoms with Crippen LogP contribution in [0.1, 0.15) is 40.5 Å². The number of carboxylic acids is 1. The van der Waals surface area contributed by atoms with Crippen molar-refractivity contribution >= 4 is 11.9 Å². The molecule has 1 fully saturated rings. The van der Waals surface area contributed by atoms with E-state index >= 15 is 0 Å². The number of hydrogen-bond donors (Lipinski definition) is 1. The Labute approximate surface area is 207 Å². The first-order valence-corrected chi connectivity index (χ1v) is 11.7. The van der Waals surface area contributed by atoms with Crippen molar-refractivity contribution < 1.29 is 14.7 Å². The van der Waals surface area contributed by atoms with Crippen molar-refractivity contribution in [2.24, 2.45) is 5.41 Å². The molecule has 36 heavy (non-hydrogen) atoms. The molecule has 1 aliphatic rings. The van der Waals surface area contributed by atoms with Gasteiger partial charge >= 0.3 is 5.97 Å². The molecule has 1 aromatic carbocycles. The SMILES string of the molecule is Cc1nc(C)n(-c2ccc(C(=O)N3CCCC(Cc4cn(-c5ccccn5)nn4)(C(=O)O)C3)cc2)n1. The lowest BCUT2D eigenvalue weighted by atomic mass is 9.76. The zero-order valence-corrected chi connectivity index (χ0v) is 20.1. The Kier molecular flexibility index (Phi) is 6.05. The first kappa shape index (κ1) is 23.3. The molecule has 3 aromatic heterocycles. The van der Waals surface area contributed by atoms with Gasteiger partial charge in [0, 0.05) is 31.3 Å². The maximum absolute atomic E-state index is 13.3. The third-order valence-electron chi connectivity index (χ3n) is 6.50. The zero-order valence-electron chi connectivity index (χ0n) is 20.1. The lowest BCUT2D eigenvalue weighted by molar-refractivity contribution is -0.151. The van der Waals surface area contributed by atoms with Crippen LogP contribution in [0.3, 0.4) is 0 Å². The number of likely N-dealkylation sites (tertiary alicyclic amines) is 1. The standard InChI is InChI=1S/C25H26N8O3/c1-17-27-18(2)33(29-17)21-9-7-19(8-10-21)23(34)31-13-5-11-25(16-31,24(35)36)14-20-15-32(30-28-20)22-6-3-4-12-26-22/h3-4,6-10,12,15H,5,11,13-14,16H2,1-2H3,(H,35,36). The van der Waals surface area contributed by atoms with Gasteiger partial charge in [-0.1, -0.05) is 11.3 Å². The van der Waals surface area contributed by atoms with Crippen molar-refractivity contribution in [3.05, 3.63) is 77.8 Å². The smallest absolute Gasteiger partial charge is 0.311 e. The largest absolute Gasteiger partial charge is 0.481 e. The molecule has 1 amide bonds. The topological polar surface area (TPSA) is 132 Å². The van der Waals surface area contributed by atoms with Crippen LogP contribution in [0, 0.1) is 19.3 Å². The van der Waals surface area contributed by atoms with Crippen LogP contribution in [-0.2, 0) is 11.2 Å². The van der Waals surface area contributed by atoms with Crippen LogP contribution in [0.5, 0.6) is 0 Å². The molecule has 184 valence electrons. The summed E-state index contributed by atoms with van der Waals surface area (Å²) in [6.07, 6.45) is 4.55. The summed E-state index contributed by atoms with van der Waals surface area (Å²) in [6.45, 7) is 4.29. The van der Waals surface area contributed by atoms with E-state index in [9.17, 15) is 14.7 Å². The minimum Gasteiger partial charge on any atom is -0.481 e. The van der Waals surface area contributed by atoms with E-state index in [0.717, 1.165) is 11.5 Å². The minimum atomic E-state index is -1.14. The Morgan fingerprint density at radius 2 is 1.92 bits per heavy atom. The normalized spacial score (nSPS) is 17.8. The Balaban J connectivity index is 1.34. The molecule has 1 atom stereocenters. The van der Waals surface area contributed by atoms with E-state index in [1.54, 1.807) is 46.2 Å². The molecule has 5 rings (SSSR count). The molecular formula is C25H26N8O3. The van der Waals surface area contributed by atoms with Crippen molar-refractivity contribution in [2.45, 2.75) is 33.1 Å². The fourth-order valence-corrected chi connectivity index (χ4v) is 4.72. The van der Waals surface area contributed by atoms with Crippen LogP contribution < -0.4 is 0 Å². The van der Waals surface area contributed by atoms with Crippen molar-refractivity contribution in [3.63, 3.8) is 0 Å². The lowest BCUT2D eigenvalue weighted by Crippen LogP contribution is -2.51. The first-order valence-electron chi connectivity index (χ1n) is 11.7. The highest BCUT2D eigenvalue weighted by molar-refractivity contribution is 5.95. The van der Waals surface area contributed by atoms with Crippen LogP contribution >= 0.6 is 0 Å². The Bertz CT molecular complexity index is 1400. The van der Waals surface area contributed by atoms with Gasteiger partial charge in [0.2, 0.25) is 0 Å². The molecule has 4 aromatic rings. The zero-order chi connectivity index (χ0) is 25.3. The summed E-state index contributed by atoms with van der Waals surface area (Å²) in [5.41, 5.74) is 0.698. The second-order valence-corrected chi connectivity index (χ2v) is 9.10. The average molecular weight is 487 g/mol. The monoisotopic (exact) mass is 486 g/mol. The molecule has 11 nitrogen and oxygen atoms in total. The highest BCUT2D eigenvalue weighted by Gasteiger charge is 2.44. The molecule has 1 N–H and O–H groups in total. The van der Waals surface area contributed by atoms with Crippen molar-refractivity contribution in [1.29, 1.82) is 0 Å². The number of aliphatic carboxylic acids is 1. The number of pyridine rings is 1. The fraction of sp³-hybridized carbons (Fsp3) is 0.320. The Morgan fingerprint density at radius 1 is 1.11 bits per heavy atom. The van der Waals surface area contributed by atoms with E-state index in [0.29, 0.717) is 42.3 Å². The molecule has 1 unspecified atom stereocenters. The molecule has 1 saturated heterocycles. The van der Waals surface area contributed by atoms with Gasteiger partial charge in [-0.05, 0) is 63.1 Å². The summed E-state index contributed by atoms with van der Waals surface area (Å²) in [7, 11) is 0. The quantitative estimate of drug-likeness (QED) is 0.439. The maximum Gasteiger partial charge on any atom is 0.311 e. The number of carbonyl (C=O) groups is 2. The van der Waals surface area contributed by atoms with E-state index in [4.69, 9.17) is 0 Å². The fourth-order valence-electron chi connectivity index (χ4n) is 4.72. The molecule has 1 aliphatic heterocycles. The van der Waals surface area contributed by atoms with Crippen LogP contribution in [0.4, 0.5) is 0 Å². The van der Waals surface area contributed by atoms with Crippen molar-refractivity contribution in [2.75, 3.05) is 13.1 Å². The van der Waals surface area contributed by atoms with Gasteiger partial charge < -0.3 is 10.0 Å².